The van der Waals surface area contributed by atoms with E-state index in [0.717, 1.165) is 32.5 Å². The van der Waals surface area contributed by atoms with Crippen LogP contribution in [0.15, 0.2) is 48.5 Å². The number of aryl methyl sites for hydroxylation is 3. The summed E-state index contributed by atoms with van der Waals surface area (Å²) >= 11 is 0. The summed E-state index contributed by atoms with van der Waals surface area (Å²) in [5.41, 5.74) is 7.21. The Labute approximate surface area is 145 Å². The van der Waals surface area contributed by atoms with Gasteiger partial charge in [0, 0.05) is 42.7 Å². The molecule has 0 amide bonds. The lowest BCUT2D eigenvalue weighted by atomic mass is 10.0. The molecule has 126 valence electrons. The summed E-state index contributed by atoms with van der Waals surface area (Å²) in [6.07, 6.45) is 2.23. The van der Waals surface area contributed by atoms with Gasteiger partial charge in [0.1, 0.15) is 0 Å². The fourth-order valence-electron chi connectivity index (χ4n) is 3.63. The van der Waals surface area contributed by atoms with Gasteiger partial charge in [-0.25, -0.2) is 0 Å². The van der Waals surface area contributed by atoms with Gasteiger partial charge in [-0.1, -0.05) is 55.8 Å². The second-order valence-electron chi connectivity index (χ2n) is 6.26. The Morgan fingerprint density at radius 2 is 1.83 bits per heavy atom. The number of aromatic nitrogens is 1. The molecule has 0 radical (unpaired) electrons. The fraction of sp³-hybridized carbons (Fsp3) is 0.364. The van der Waals surface area contributed by atoms with Gasteiger partial charge < -0.3 is 9.88 Å². The first kappa shape index (κ1) is 16.8. The Kier molecular flexibility index (Phi) is 5.37. The molecule has 2 nitrogen and oxygen atoms in total. The van der Waals surface area contributed by atoms with Crippen LogP contribution in [0, 0.1) is 6.92 Å². The average Bonchev–Trinajstić information content (AvgIpc) is 2.96. The molecule has 24 heavy (non-hydrogen) atoms. The van der Waals surface area contributed by atoms with Crippen LogP contribution in [0.1, 0.15) is 36.2 Å². The standard InChI is InChI=1S/C20H22N2.C2H6/c1-15-7-8-19-17(13-15)18-14-21-11-9-20(18)22(19)12-10-16-5-3-2-4-6-16;1-2/h2-8,13,21H,9-12,14H2,1H3;1-2H3. The van der Waals surface area contributed by atoms with Crippen molar-refractivity contribution in [1.29, 1.82) is 0 Å². The number of benzene rings is 2. The average molecular weight is 320 g/mol. The summed E-state index contributed by atoms with van der Waals surface area (Å²) in [5.74, 6) is 0. The molecule has 0 saturated heterocycles. The van der Waals surface area contributed by atoms with Crippen molar-refractivity contribution >= 4 is 10.9 Å². The predicted octanol–water partition coefficient (Wildman–Crippen LogP) is 4.86. The van der Waals surface area contributed by atoms with Crippen LogP contribution in [0.25, 0.3) is 10.9 Å². The number of nitrogens with zero attached hydrogens (tertiary/aromatic N) is 1. The molecule has 0 spiro atoms. The Morgan fingerprint density at radius 1 is 1.04 bits per heavy atom. The van der Waals surface area contributed by atoms with E-state index in [1.807, 2.05) is 13.8 Å². The van der Waals surface area contributed by atoms with Crippen molar-refractivity contribution in [1.82, 2.24) is 9.88 Å². The van der Waals surface area contributed by atoms with Crippen LogP contribution in [0.3, 0.4) is 0 Å². The number of hydrogen-bond acceptors (Lipinski definition) is 1. The normalized spacial score (nSPS) is 13.3. The highest BCUT2D eigenvalue weighted by atomic mass is 15.0. The zero-order valence-electron chi connectivity index (χ0n) is 15.1. The maximum Gasteiger partial charge on any atom is 0.0486 e. The van der Waals surface area contributed by atoms with Crippen molar-refractivity contribution in [3.8, 4) is 0 Å². The van der Waals surface area contributed by atoms with E-state index in [1.54, 1.807) is 0 Å². The van der Waals surface area contributed by atoms with Crippen LogP contribution in [0.2, 0.25) is 0 Å². The van der Waals surface area contributed by atoms with Gasteiger partial charge in [-0.05, 0) is 36.6 Å². The molecule has 3 aromatic rings. The van der Waals surface area contributed by atoms with Crippen LogP contribution in [-0.2, 0) is 25.9 Å². The molecular formula is C22H28N2. The quantitative estimate of drug-likeness (QED) is 0.729. The van der Waals surface area contributed by atoms with Gasteiger partial charge in [-0.2, -0.15) is 0 Å². The van der Waals surface area contributed by atoms with Crippen LogP contribution >= 0.6 is 0 Å². The number of fused-ring (bicyclic) bond motifs is 3. The lowest BCUT2D eigenvalue weighted by Crippen LogP contribution is -2.24. The van der Waals surface area contributed by atoms with Crippen LogP contribution in [0.4, 0.5) is 0 Å². The minimum atomic E-state index is 1.01. The zero-order valence-corrected chi connectivity index (χ0v) is 15.1. The van der Waals surface area contributed by atoms with E-state index >= 15 is 0 Å². The van der Waals surface area contributed by atoms with E-state index in [-0.39, 0.29) is 0 Å². The summed E-state index contributed by atoms with van der Waals surface area (Å²) in [6, 6.07) is 17.7. The first-order valence-electron chi connectivity index (χ1n) is 9.18. The molecule has 2 heterocycles. The highest BCUT2D eigenvalue weighted by Gasteiger charge is 2.19. The first-order chi connectivity index (χ1) is 11.8. The molecule has 1 N–H and O–H groups in total. The van der Waals surface area contributed by atoms with E-state index in [4.69, 9.17) is 0 Å². The maximum absolute atomic E-state index is 3.53. The van der Waals surface area contributed by atoms with Gasteiger partial charge in [0.15, 0.2) is 0 Å². The maximum atomic E-state index is 3.53. The third kappa shape index (κ3) is 3.25. The summed E-state index contributed by atoms with van der Waals surface area (Å²) in [7, 11) is 0. The minimum absolute atomic E-state index is 1.01. The van der Waals surface area contributed by atoms with Gasteiger partial charge in [0.2, 0.25) is 0 Å². The molecule has 2 aromatic carbocycles. The van der Waals surface area contributed by atoms with E-state index in [0.29, 0.717) is 0 Å². The monoisotopic (exact) mass is 320 g/mol. The third-order valence-electron chi connectivity index (χ3n) is 4.75. The lowest BCUT2D eigenvalue weighted by Gasteiger charge is -2.17. The molecule has 0 bridgehead atoms. The molecule has 1 aliphatic heterocycles. The van der Waals surface area contributed by atoms with Gasteiger partial charge in [-0.15, -0.1) is 0 Å². The molecule has 1 aliphatic rings. The summed E-state index contributed by atoms with van der Waals surface area (Å²) < 4.78 is 2.55. The second-order valence-corrected chi connectivity index (χ2v) is 6.26. The molecule has 2 heteroatoms. The molecule has 1 aromatic heterocycles. The lowest BCUT2D eigenvalue weighted by molar-refractivity contribution is 0.594. The van der Waals surface area contributed by atoms with Crippen molar-refractivity contribution in [2.45, 2.75) is 46.7 Å². The topological polar surface area (TPSA) is 17.0 Å². The largest absolute Gasteiger partial charge is 0.344 e. The third-order valence-corrected chi connectivity index (χ3v) is 4.75. The van der Waals surface area contributed by atoms with Crippen molar-refractivity contribution in [2.24, 2.45) is 0 Å². The van der Waals surface area contributed by atoms with Gasteiger partial charge in [0.05, 0.1) is 0 Å². The number of rotatable bonds is 3. The molecule has 0 fully saturated rings. The van der Waals surface area contributed by atoms with Crippen LogP contribution in [-0.4, -0.2) is 11.1 Å². The molecule has 0 saturated carbocycles. The van der Waals surface area contributed by atoms with Crippen molar-refractivity contribution in [3.05, 3.63) is 70.9 Å². The summed E-state index contributed by atoms with van der Waals surface area (Å²) in [6.45, 7) is 9.35. The molecule has 0 atom stereocenters. The molecule has 0 unspecified atom stereocenters. The zero-order chi connectivity index (χ0) is 16.9. The molecule has 0 aliphatic carbocycles. The van der Waals surface area contributed by atoms with Crippen LogP contribution in [0.5, 0.6) is 0 Å². The second kappa shape index (κ2) is 7.67. The minimum Gasteiger partial charge on any atom is -0.344 e. The highest BCUT2D eigenvalue weighted by molar-refractivity contribution is 5.86. The Bertz CT molecular complexity index is 800. The SMILES string of the molecule is CC.Cc1ccc2c(c1)c1c(n2CCc2ccccc2)CCNC1. The van der Waals surface area contributed by atoms with Crippen molar-refractivity contribution < 1.29 is 0 Å². The van der Waals surface area contributed by atoms with Crippen molar-refractivity contribution in [2.75, 3.05) is 6.54 Å². The van der Waals surface area contributed by atoms with Gasteiger partial charge in [0.25, 0.3) is 0 Å². The Hall–Kier alpha value is -2.06. The van der Waals surface area contributed by atoms with Gasteiger partial charge in [-0.3, -0.25) is 0 Å². The molecule has 4 rings (SSSR count). The Balaban J connectivity index is 0.000000815. The number of hydrogen-bond donors (Lipinski definition) is 1. The van der Waals surface area contributed by atoms with E-state index < -0.39 is 0 Å². The smallest absolute Gasteiger partial charge is 0.0486 e. The number of nitrogens with one attached hydrogen (secondary N) is 1. The molecular weight excluding hydrogens is 292 g/mol. The fourth-order valence-corrected chi connectivity index (χ4v) is 3.63. The predicted molar refractivity (Wildman–Crippen MR) is 104 cm³/mol. The highest BCUT2D eigenvalue weighted by Crippen LogP contribution is 2.29. The van der Waals surface area contributed by atoms with E-state index in [2.05, 4.69) is 65.3 Å². The summed E-state index contributed by atoms with van der Waals surface area (Å²) in [4.78, 5) is 0. The van der Waals surface area contributed by atoms with E-state index in [1.165, 1.54) is 33.3 Å². The Morgan fingerprint density at radius 3 is 2.62 bits per heavy atom. The van der Waals surface area contributed by atoms with Gasteiger partial charge >= 0.3 is 0 Å². The van der Waals surface area contributed by atoms with E-state index in [9.17, 15) is 0 Å². The van der Waals surface area contributed by atoms with Crippen molar-refractivity contribution in [3.63, 3.8) is 0 Å². The van der Waals surface area contributed by atoms with Crippen LogP contribution < -0.4 is 5.32 Å². The first-order valence-corrected chi connectivity index (χ1v) is 9.18. The summed E-state index contributed by atoms with van der Waals surface area (Å²) in [5, 5.41) is 4.97.